The number of hydrogen-bond donors (Lipinski definition) is 1. The lowest BCUT2D eigenvalue weighted by atomic mass is 10.2. The third-order valence-corrected chi connectivity index (χ3v) is 5.45. The molecule has 0 saturated carbocycles. The fraction of sp³-hybridized carbons (Fsp3) is 0.0357. The number of benzene rings is 4. The highest BCUT2D eigenvalue weighted by molar-refractivity contribution is 6.31. The molecule has 0 fully saturated rings. The van der Waals surface area contributed by atoms with Crippen molar-refractivity contribution in [3.63, 3.8) is 0 Å². The second-order valence-electron chi connectivity index (χ2n) is 7.61. The Balaban J connectivity index is 1.25. The van der Waals surface area contributed by atoms with Gasteiger partial charge in [0, 0.05) is 15.6 Å². The molecule has 0 bridgehead atoms. The van der Waals surface area contributed by atoms with E-state index >= 15 is 0 Å². The Morgan fingerprint density at radius 2 is 1.47 bits per heavy atom. The first-order chi connectivity index (χ1) is 17.5. The van der Waals surface area contributed by atoms with Crippen molar-refractivity contribution >= 4 is 41.3 Å². The zero-order chi connectivity index (χ0) is 25.3. The van der Waals surface area contributed by atoms with Crippen LogP contribution in [0.15, 0.2) is 102 Å². The zero-order valence-corrected chi connectivity index (χ0v) is 20.4. The Morgan fingerprint density at radius 1 is 0.778 bits per heavy atom. The Kier molecular flexibility index (Phi) is 8.34. The fourth-order valence-electron chi connectivity index (χ4n) is 3.08. The minimum Gasteiger partial charge on any atom is -0.489 e. The molecule has 0 radical (unpaired) electrons. The Hall–Kier alpha value is -4.13. The summed E-state index contributed by atoms with van der Waals surface area (Å²) in [5.41, 5.74) is 4.98. The molecule has 0 aliphatic rings. The van der Waals surface area contributed by atoms with Crippen molar-refractivity contribution in [3.05, 3.63) is 129 Å². The van der Waals surface area contributed by atoms with E-state index in [1.54, 1.807) is 78.9 Å². The Labute approximate surface area is 218 Å². The number of halogens is 2. The van der Waals surface area contributed by atoms with Gasteiger partial charge >= 0.3 is 5.97 Å². The van der Waals surface area contributed by atoms with Gasteiger partial charge in [0.15, 0.2) is 0 Å². The van der Waals surface area contributed by atoms with Crippen molar-refractivity contribution in [2.75, 3.05) is 0 Å². The van der Waals surface area contributed by atoms with Crippen LogP contribution >= 0.6 is 23.2 Å². The highest BCUT2D eigenvalue weighted by atomic mass is 35.5. The molecule has 0 atom stereocenters. The number of rotatable bonds is 8. The predicted molar refractivity (Wildman–Crippen MR) is 140 cm³/mol. The number of nitrogens with zero attached hydrogens (tertiary/aromatic N) is 1. The second-order valence-corrected chi connectivity index (χ2v) is 8.48. The maximum absolute atomic E-state index is 12.3. The van der Waals surface area contributed by atoms with Crippen LogP contribution in [0, 0.1) is 0 Å². The summed E-state index contributed by atoms with van der Waals surface area (Å²) in [4.78, 5) is 24.5. The average molecular weight is 519 g/mol. The fourth-order valence-corrected chi connectivity index (χ4v) is 3.40. The van der Waals surface area contributed by atoms with Crippen molar-refractivity contribution in [1.82, 2.24) is 5.43 Å². The number of carbonyl (C=O) groups excluding carboxylic acids is 2. The molecule has 0 aliphatic carbocycles. The van der Waals surface area contributed by atoms with Crippen LogP contribution in [0.25, 0.3) is 0 Å². The largest absolute Gasteiger partial charge is 0.489 e. The number of esters is 1. The maximum Gasteiger partial charge on any atom is 0.343 e. The summed E-state index contributed by atoms with van der Waals surface area (Å²) < 4.78 is 11.1. The molecule has 4 aromatic rings. The molecule has 1 amide bonds. The molecule has 0 saturated heterocycles. The summed E-state index contributed by atoms with van der Waals surface area (Å²) in [6.45, 7) is 0.394. The molecule has 6 nitrogen and oxygen atoms in total. The molecular weight excluding hydrogens is 499 g/mol. The standard InChI is InChI=1S/C28H20Cl2N2O4/c29-23-10-4-20(5-11-23)18-35-25-14-8-21(9-15-25)27(33)32-31-17-19-6-12-26(13-7-19)36-28(34)22-2-1-3-24(30)16-22/h1-17H,18H2,(H,32,33). The number of hydrogen-bond acceptors (Lipinski definition) is 5. The minimum absolute atomic E-state index is 0.358. The van der Waals surface area contributed by atoms with Crippen LogP contribution < -0.4 is 14.9 Å². The van der Waals surface area contributed by atoms with Crippen LogP contribution in [-0.4, -0.2) is 18.1 Å². The van der Waals surface area contributed by atoms with Crippen LogP contribution in [0.5, 0.6) is 11.5 Å². The van der Waals surface area contributed by atoms with Crippen molar-refractivity contribution in [2.24, 2.45) is 5.10 Å². The van der Waals surface area contributed by atoms with Crippen LogP contribution in [0.1, 0.15) is 31.8 Å². The lowest BCUT2D eigenvalue weighted by molar-refractivity contribution is 0.0734. The smallest absolute Gasteiger partial charge is 0.343 e. The minimum atomic E-state index is -0.507. The normalized spacial score (nSPS) is 10.7. The van der Waals surface area contributed by atoms with Crippen molar-refractivity contribution < 1.29 is 19.1 Å². The molecule has 0 spiro atoms. The molecule has 4 rings (SSSR count). The van der Waals surface area contributed by atoms with E-state index in [-0.39, 0.29) is 5.91 Å². The van der Waals surface area contributed by atoms with E-state index in [9.17, 15) is 9.59 Å². The van der Waals surface area contributed by atoms with Crippen molar-refractivity contribution in [3.8, 4) is 11.5 Å². The first-order valence-corrected chi connectivity index (χ1v) is 11.6. The first kappa shape index (κ1) is 25.0. The highest BCUT2D eigenvalue weighted by Crippen LogP contribution is 2.17. The van der Waals surface area contributed by atoms with Gasteiger partial charge < -0.3 is 9.47 Å². The summed E-state index contributed by atoms with van der Waals surface area (Å²) >= 11 is 11.8. The average Bonchev–Trinajstić information content (AvgIpc) is 2.89. The predicted octanol–water partition coefficient (Wildman–Crippen LogP) is 6.56. The molecule has 0 aromatic heterocycles. The number of hydrazone groups is 1. The van der Waals surface area contributed by atoms with Gasteiger partial charge in [0.25, 0.3) is 5.91 Å². The monoisotopic (exact) mass is 518 g/mol. The van der Waals surface area contributed by atoms with Crippen LogP contribution in [0.2, 0.25) is 10.0 Å². The summed E-state index contributed by atoms with van der Waals surface area (Å²) in [6, 6.07) is 27.4. The molecule has 0 heterocycles. The molecule has 8 heteroatoms. The van der Waals surface area contributed by atoms with Crippen LogP contribution in [0.3, 0.4) is 0 Å². The van der Waals surface area contributed by atoms with E-state index in [0.29, 0.717) is 44.8 Å². The van der Waals surface area contributed by atoms with E-state index in [1.165, 1.54) is 12.3 Å². The van der Waals surface area contributed by atoms with Gasteiger partial charge in [-0.25, -0.2) is 10.2 Å². The number of amides is 1. The first-order valence-electron chi connectivity index (χ1n) is 10.8. The molecule has 0 unspecified atom stereocenters. The molecule has 36 heavy (non-hydrogen) atoms. The molecule has 1 N–H and O–H groups in total. The third-order valence-electron chi connectivity index (χ3n) is 4.97. The van der Waals surface area contributed by atoms with E-state index in [2.05, 4.69) is 10.5 Å². The quantitative estimate of drug-likeness (QED) is 0.124. The van der Waals surface area contributed by atoms with Gasteiger partial charge in [0.2, 0.25) is 0 Å². The van der Waals surface area contributed by atoms with E-state index in [4.69, 9.17) is 32.7 Å². The Morgan fingerprint density at radius 3 is 2.17 bits per heavy atom. The lowest BCUT2D eigenvalue weighted by Crippen LogP contribution is -2.17. The molecule has 180 valence electrons. The van der Waals surface area contributed by atoms with E-state index in [0.717, 1.165) is 5.56 Å². The summed E-state index contributed by atoms with van der Waals surface area (Å²) in [5.74, 6) is 0.149. The SMILES string of the molecule is O=C(NN=Cc1ccc(OC(=O)c2cccc(Cl)c2)cc1)c1ccc(OCc2ccc(Cl)cc2)cc1. The van der Waals surface area contributed by atoms with Gasteiger partial charge in [-0.3, -0.25) is 4.79 Å². The lowest BCUT2D eigenvalue weighted by Gasteiger charge is -2.07. The van der Waals surface area contributed by atoms with Gasteiger partial charge in [0.1, 0.15) is 18.1 Å². The number of ether oxygens (including phenoxy) is 2. The van der Waals surface area contributed by atoms with Gasteiger partial charge in [0.05, 0.1) is 11.8 Å². The number of nitrogens with one attached hydrogen (secondary N) is 1. The molecular formula is C28H20Cl2N2O4. The third kappa shape index (κ3) is 7.18. The van der Waals surface area contributed by atoms with Gasteiger partial charge in [-0.2, -0.15) is 5.10 Å². The van der Waals surface area contributed by atoms with E-state index < -0.39 is 5.97 Å². The van der Waals surface area contributed by atoms with Crippen LogP contribution in [-0.2, 0) is 6.61 Å². The van der Waals surface area contributed by atoms with Gasteiger partial charge in [-0.15, -0.1) is 0 Å². The van der Waals surface area contributed by atoms with Crippen LogP contribution in [0.4, 0.5) is 0 Å². The van der Waals surface area contributed by atoms with Gasteiger partial charge in [-0.1, -0.05) is 41.4 Å². The van der Waals surface area contributed by atoms with Crippen molar-refractivity contribution in [2.45, 2.75) is 6.61 Å². The Bertz CT molecular complexity index is 1370. The summed E-state index contributed by atoms with van der Waals surface area (Å²) in [6.07, 6.45) is 1.49. The number of carbonyl (C=O) groups is 2. The zero-order valence-electron chi connectivity index (χ0n) is 18.9. The molecule has 4 aromatic carbocycles. The van der Waals surface area contributed by atoms with E-state index in [1.807, 2.05) is 12.1 Å². The highest BCUT2D eigenvalue weighted by Gasteiger charge is 2.09. The van der Waals surface area contributed by atoms with Crippen molar-refractivity contribution in [1.29, 1.82) is 0 Å². The second kappa shape index (κ2) is 12.0. The topological polar surface area (TPSA) is 77.0 Å². The molecule has 0 aliphatic heterocycles. The summed E-state index contributed by atoms with van der Waals surface area (Å²) in [5, 5.41) is 5.11. The maximum atomic E-state index is 12.3. The van der Waals surface area contributed by atoms with Gasteiger partial charge in [-0.05, 0) is 90.0 Å². The summed E-state index contributed by atoms with van der Waals surface area (Å²) in [7, 11) is 0.